The highest BCUT2D eigenvalue weighted by molar-refractivity contribution is 5.86. The molecule has 0 atom stereocenters. The Bertz CT molecular complexity index is 470. The summed E-state index contributed by atoms with van der Waals surface area (Å²) in [6.45, 7) is 0. The quantitative estimate of drug-likeness (QED) is 0.756. The van der Waals surface area contributed by atoms with Crippen LogP contribution in [0.2, 0.25) is 0 Å². The van der Waals surface area contributed by atoms with Crippen LogP contribution in [0.1, 0.15) is 24.6 Å². The van der Waals surface area contributed by atoms with E-state index < -0.39 is 0 Å². The number of rotatable bonds is 2. The Kier molecular flexibility index (Phi) is 1.50. The molecule has 0 saturated heterocycles. The lowest BCUT2D eigenvalue weighted by Crippen LogP contribution is -1.99. The van der Waals surface area contributed by atoms with Crippen LogP contribution in [0, 0.1) is 0 Å². The molecule has 0 bridgehead atoms. The van der Waals surface area contributed by atoms with Crippen molar-refractivity contribution in [2.45, 2.75) is 18.8 Å². The van der Waals surface area contributed by atoms with Gasteiger partial charge in [0.05, 0.1) is 5.39 Å². The van der Waals surface area contributed by atoms with Gasteiger partial charge in [-0.3, -0.25) is 0 Å². The summed E-state index contributed by atoms with van der Waals surface area (Å²) < 4.78 is 0. The number of H-pyrrole nitrogens is 1. The molecule has 1 fully saturated rings. The summed E-state index contributed by atoms with van der Waals surface area (Å²) in [7, 11) is 1.89. The zero-order chi connectivity index (χ0) is 9.54. The third-order valence-electron chi connectivity index (χ3n) is 2.61. The van der Waals surface area contributed by atoms with Gasteiger partial charge in [0.1, 0.15) is 17.3 Å². The van der Waals surface area contributed by atoms with Crippen molar-refractivity contribution >= 4 is 16.9 Å². The Labute approximate surface area is 81.8 Å². The summed E-state index contributed by atoms with van der Waals surface area (Å²) in [5, 5.41) is 4.17. The fraction of sp³-hybridized carbons (Fsp3) is 0.400. The fourth-order valence-electron chi connectivity index (χ4n) is 1.67. The Morgan fingerprint density at radius 3 is 3.00 bits per heavy atom. The van der Waals surface area contributed by atoms with Crippen LogP contribution < -0.4 is 5.32 Å². The molecular formula is C10H12N4. The summed E-state index contributed by atoms with van der Waals surface area (Å²) in [6.07, 6.45) is 4.36. The van der Waals surface area contributed by atoms with Crippen LogP contribution in [-0.4, -0.2) is 22.0 Å². The number of hydrogen-bond donors (Lipinski definition) is 2. The molecule has 0 unspecified atom stereocenters. The Hall–Kier alpha value is -1.58. The summed E-state index contributed by atoms with van der Waals surface area (Å²) in [6, 6.07) is 2.00. The SMILES string of the molecule is CNc1nc(C2CC2)nc2[nH]ccc12. The first-order chi connectivity index (χ1) is 6.88. The van der Waals surface area contributed by atoms with Crippen molar-refractivity contribution in [2.75, 3.05) is 12.4 Å². The van der Waals surface area contributed by atoms with E-state index in [2.05, 4.69) is 20.3 Å². The number of nitrogens with zero attached hydrogens (tertiary/aromatic N) is 2. The minimum absolute atomic E-state index is 0.592. The maximum Gasteiger partial charge on any atom is 0.143 e. The molecule has 1 aliphatic carbocycles. The lowest BCUT2D eigenvalue weighted by atomic mass is 10.3. The van der Waals surface area contributed by atoms with Gasteiger partial charge in [-0.2, -0.15) is 0 Å². The van der Waals surface area contributed by atoms with Gasteiger partial charge in [0.25, 0.3) is 0 Å². The van der Waals surface area contributed by atoms with Crippen molar-refractivity contribution in [1.82, 2.24) is 15.0 Å². The van der Waals surface area contributed by atoms with Gasteiger partial charge < -0.3 is 10.3 Å². The molecule has 0 aromatic carbocycles. The maximum atomic E-state index is 4.51. The number of fused-ring (bicyclic) bond motifs is 1. The number of hydrogen-bond acceptors (Lipinski definition) is 3. The van der Waals surface area contributed by atoms with Crippen LogP contribution in [0.4, 0.5) is 5.82 Å². The van der Waals surface area contributed by atoms with Crippen molar-refractivity contribution in [3.63, 3.8) is 0 Å². The van der Waals surface area contributed by atoms with Gasteiger partial charge in [0.2, 0.25) is 0 Å². The summed E-state index contributed by atoms with van der Waals surface area (Å²) in [4.78, 5) is 12.1. The molecule has 1 aliphatic rings. The molecule has 2 aromatic heterocycles. The third-order valence-corrected chi connectivity index (χ3v) is 2.61. The zero-order valence-corrected chi connectivity index (χ0v) is 8.04. The number of nitrogens with one attached hydrogen (secondary N) is 2. The number of aromatic amines is 1. The second-order valence-electron chi connectivity index (χ2n) is 3.69. The normalized spacial score (nSPS) is 16.1. The minimum Gasteiger partial charge on any atom is -0.372 e. The van der Waals surface area contributed by atoms with Gasteiger partial charge in [-0.15, -0.1) is 0 Å². The molecule has 72 valence electrons. The Morgan fingerprint density at radius 1 is 1.43 bits per heavy atom. The van der Waals surface area contributed by atoms with E-state index >= 15 is 0 Å². The molecule has 4 heteroatoms. The molecule has 4 nitrogen and oxygen atoms in total. The van der Waals surface area contributed by atoms with E-state index in [0.29, 0.717) is 5.92 Å². The minimum atomic E-state index is 0.592. The molecule has 2 heterocycles. The molecule has 14 heavy (non-hydrogen) atoms. The van der Waals surface area contributed by atoms with Crippen LogP contribution in [-0.2, 0) is 0 Å². The second-order valence-corrected chi connectivity index (χ2v) is 3.69. The molecule has 0 aliphatic heterocycles. The van der Waals surface area contributed by atoms with E-state index in [0.717, 1.165) is 22.7 Å². The third kappa shape index (κ3) is 1.07. The van der Waals surface area contributed by atoms with Crippen molar-refractivity contribution in [3.05, 3.63) is 18.1 Å². The molecule has 3 rings (SSSR count). The maximum absolute atomic E-state index is 4.51. The van der Waals surface area contributed by atoms with E-state index in [1.807, 2.05) is 19.3 Å². The van der Waals surface area contributed by atoms with Crippen LogP contribution >= 0.6 is 0 Å². The van der Waals surface area contributed by atoms with E-state index in [-0.39, 0.29) is 0 Å². The fourth-order valence-corrected chi connectivity index (χ4v) is 1.67. The molecule has 1 saturated carbocycles. The van der Waals surface area contributed by atoms with Crippen LogP contribution in [0.5, 0.6) is 0 Å². The largest absolute Gasteiger partial charge is 0.372 e. The molecule has 2 aromatic rings. The predicted octanol–water partition coefficient (Wildman–Crippen LogP) is 1.88. The van der Waals surface area contributed by atoms with Crippen molar-refractivity contribution in [1.29, 1.82) is 0 Å². The van der Waals surface area contributed by atoms with Crippen molar-refractivity contribution in [3.8, 4) is 0 Å². The smallest absolute Gasteiger partial charge is 0.143 e. The van der Waals surface area contributed by atoms with Crippen molar-refractivity contribution in [2.24, 2.45) is 0 Å². The average Bonchev–Trinajstić information content (AvgIpc) is 2.95. The lowest BCUT2D eigenvalue weighted by molar-refractivity contribution is 0.945. The Morgan fingerprint density at radius 2 is 2.29 bits per heavy atom. The first-order valence-electron chi connectivity index (χ1n) is 4.91. The predicted molar refractivity (Wildman–Crippen MR) is 55.4 cm³/mol. The average molecular weight is 188 g/mol. The first-order valence-corrected chi connectivity index (χ1v) is 4.91. The second kappa shape index (κ2) is 2.70. The van der Waals surface area contributed by atoms with Crippen LogP contribution in [0.25, 0.3) is 11.0 Å². The molecular weight excluding hydrogens is 176 g/mol. The monoisotopic (exact) mass is 188 g/mol. The summed E-state index contributed by atoms with van der Waals surface area (Å²) >= 11 is 0. The van der Waals surface area contributed by atoms with Gasteiger partial charge in [-0.25, -0.2) is 9.97 Å². The van der Waals surface area contributed by atoms with E-state index in [1.165, 1.54) is 12.8 Å². The molecule has 0 radical (unpaired) electrons. The summed E-state index contributed by atoms with van der Waals surface area (Å²) in [5.74, 6) is 2.50. The number of aromatic nitrogens is 3. The molecule has 0 amide bonds. The van der Waals surface area contributed by atoms with E-state index in [9.17, 15) is 0 Å². The van der Waals surface area contributed by atoms with Gasteiger partial charge in [0, 0.05) is 19.2 Å². The van der Waals surface area contributed by atoms with Gasteiger partial charge in [0.15, 0.2) is 0 Å². The molecule has 0 spiro atoms. The number of anilines is 1. The van der Waals surface area contributed by atoms with Gasteiger partial charge >= 0.3 is 0 Å². The zero-order valence-electron chi connectivity index (χ0n) is 8.04. The van der Waals surface area contributed by atoms with Crippen LogP contribution in [0.15, 0.2) is 12.3 Å². The van der Waals surface area contributed by atoms with E-state index in [1.54, 1.807) is 0 Å². The molecule has 2 N–H and O–H groups in total. The van der Waals surface area contributed by atoms with Gasteiger partial charge in [-0.1, -0.05) is 0 Å². The van der Waals surface area contributed by atoms with Crippen molar-refractivity contribution < 1.29 is 0 Å². The summed E-state index contributed by atoms with van der Waals surface area (Å²) in [5.41, 5.74) is 0.936. The van der Waals surface area contributed by atoms with E-state index in [4.69, 9.17) is 0 Å². The van der Waals surface area contributed by atoms with Gasteiger partial charge in [-0.05, 0) is 18.9 Å². The Balaban J connectivity index is 2.23. The standard InChI is InChI=1S/C10H12N4/c1-11-9-7-4-5-12-10(7)14-8(13-9)6-2-3-6/h4-6H,2-3H2,1H3,(H2,11,12,13,14). The highest BCUT2D eigenvalue weighted by Gasteiger charge is 2.27. The first kappa shape index (κ1) is 7.79. The lowest BCUT2D eigenvalue weighted by Gasteiger charge is -2.03. The topological polar surface area (TPSA) is 53.6 Å². The highest BCUT2D eigenvalue weighted by atomic mass is 15.0. The highest BCUT2D eigenvalue weighted by Crippen LogP contribution is 2.39. The van der Waals surface area contributed by atoms with Crippen LogP contribution in [0.3, 0.4) is 0 Å².